The van der Waals surface area contributed by atoms with E-state index in [0.29, 0.717) is 12.1 Å². The first kappa shape index (κ1) is 18.1. The Kier molecular flexibility index (Phi) is 5.09. The Balaban J connectivity index is 2.19. The Hall–Kier alpha value is -2.20. The van der Waals surface area contributed by atoms with Gasteiger partial charge in [-0.15, -0.1) is 13.2 Å². The van der Waals surface area contributed by atoms with Crippen LogP contribution in [-0.2, 0) is 16.6 Å². The highest BCUT2D eigenvalue weighted by molar-refractivity contribution is 7.89. The van der Waals surface area contributed by atoms with Crippen LogP contribution in [0.5, 0.6) is 5.75 Å². The van der Waals surface area contributed by atoms with Gasteiger partial charge in [-0.25, -0.2) is 21.9 Å². The van der Waals surface area contributed by atoms with Crippen molar-refractivity contribution in [2.24, 2.45) is 0 Å². The fourth-order valence-electron chi connectivity index (χ4n) is 1.77. The monoisotopic (exact) mass is 367 g/mol. The van der Waals surface area contributed by atoms with Gasteiger partial charge in [0, 0.05) is 12.1 Å². The fourth-order valence-corrected chi connectivity index (χ4v) is 2.79. The van der Waals surface area contributed by atoms with Crippen molar-refractivity contribution in [2.45, 2.75) is 17.8 Å². The Labute approximate surface area is 133 Å². The van der Waals surface area contributed by atoms with E-state index in [9.17, 15) is 30.4 Å². The van der Waals surface area contributed by atoms with E-state index in [-0.39, 0.29) is 5.56 Å². The van der Waals surface area contributed by atoms with Gasteiger partial charge in [-0.2, -0.15) is 0 Å². The quantitative estimate of drug-likeness (QED) is 0.825. The highest BCUT2D eigenvalue weighted by atomic mass is 32.2. The van der Waals surface area contributed by atoms with Crippen molar-refractivity contribution in [3.63, 3.8) is 0 Å². The van der Waals surface area contributed by atoms with Gasteiger partial charge in [0.05, 0.1) is 4.90 Å². The van der Waals surface area contributed by atoms with E-state index in [0.717, 1.165) is 12.1 Å². The highest BCUT2D eigenvalue weighted by Crippen LogP contribution is 2.26. The summed E-state index contributed by atoms with van der Waals surface area (Å²) in [6.45, 7) is -0.534. The number of rotatable bonds is 5. The van der Waals surface area contributed by atoms with Crippen LogP contribution in [0.3, 0.4) is 0 Å². The van der Waals surface area contributed by atoms with E-state index in [1.807, 2.05) is 4.72 Å². The number of alkyl halides is 3. The lowest BCUT2D eigenvalue weighted by molar-refractivity contribution is -0.274. The van der Waals surface area contributed by atoms with Crippen molar-refractivity contribution < 1.29 is 35.1 Å². The zero-order chi connectivity index (χ0) is 18.0. The second-order valence-electron chi connectivity index (χ2n) is 4.56. The normalized spacial score (nSPS) is 12.2. The van der Waals surface area contributed by atoms with Gasteiger partial charge in [0.15, 0.2) is 11.6 Å². The van der Waals surface area contributed by atoms with E-state index >= 15 is 0 Å². The lowest BCUT2D eigenvalue weighted by atomic mass is 10.2. The minimum atomic E-state index is -4.94. The summed E-state index contributed by atoms with van der Waals surface area (Å²) in [7, 11) is -4.25. The molecule has 2 rings (SSSR count). The molecule has 0 aliphatic carbocycles. The van der Waals surface area contributed by atoms with Crippen molar-refractivity contribution in [2.75, 3.05) is 0 Å². The number of halogens is 5. The van der Waals surface area contributed by atoms with Crippen LogP contribution >= 0.6 is 0 Å². The minimum absolute atomic E-state index is 0.0824. The summed E-state index contributed by atoms with van der Waals surface area (Å²) in [5.41, 5.74) is -0.0824. The third kappa shape index (κ3) is 4.65. The first-order chi connectivity index (χ1) is 11.1. The molecule has 0 atom stereocenters. The summed E-state index contributed by atoms with van der Waals surface area (Å²) in [5, 5.41) is 0. The second kappa shape index (κ2) is 6.73. The molecular formula is C14H10F5NO3S. The first-order valence-corrected chi connectivity index (χ1v) is 7.85. The van der Waals surface area contributed by atoms with Crippen molar-refractivity contribution in [3.8, 4) is 5.75 Å². The van der Waals surface area contributed by atoms with Crippen LogP contribution in [0.25, 0.3) is 0 Å². The Morgan fingerprint density at radius 1 is 1.00 bits per heavy atom. The standard InChI is InChI=1S/C14H10F5NO3S/c15-11-6-5-10(7-12(11)16)24(21,22)20-8-9-3-1-2-4-13(9)23-14(17,18)19/h1-7,20H,8H2. The summed E-state index contributed by atoms with van der Waals surface area (Å²) in [5.74, 6) is -3.16. The Morgan fingerprint density at radius 2 is 1.67 bits per heavy atom. The number of para-hydroxylation sites is 1. The average Bonchev–Trinajstić information content (AvgIpc) is 2.47. The van der Waals surface area contributed by atoms with Gasteiger partial charge in [0.25, 0.3) is 0 Å². The molecule has 0 amide bonds. The third-order valence-corrected chi connectivity index (χ3v) is 4.25. The molecule has 1 N–H and O–H groups in total. The average molecular weight is 367 g/mol. The summed E-state index contributed by atoms with van der Waals surface area (Å²) in [6.07, 6.45) is -4.94. The van der Waals surface area contributed by atoms with E-state index in [2.05, 4.69) is 4.74 Å². The lowest BCUT2D eigenvalue weighted by Gasteiger charge is -2.13. The number of benzene rings is 2. The molecule has 130 valence electrons. The molecule has 0 aromatic heterocycles. The number of hydrogen-bond acceptors (Lipinski definition) is 3. The SMILES string of the molecule is O=S(=O)(NCc1ccccc1OC(F)(F)F)c1ccc(F)c(F)c1. The molecule has 0 unspecified atom stereocenters. The summed E-state index contributed by atoms with van der Waals surface area (Å²) in [4.78, 5) is -0.560. The zero-order valence-electron chi connectivity index (χ0n) is 11.8. The second-order valence-corrected chi connectivity index (χ2v) is 6.32. The van der Waals surface area contributed by atoms with Crippen LogP contribution in [0.4, 0.5) is 22.0 Å². The number of ether oxygens (including phenoxy) is 1. The van der Waals surface area contributed by atoms with Crippen LogP contribution in [0.15, 0.2) is 47.4 Å². The molecule has 0 fully saturated rings. The van der Waals surface area contributed by atoms with E-state index in [1.165, 1.54) is 18.2 Å². The Morgan fingerprint density at radius 3 is 2.29 bits per heavy atom. The van der Waals surface area contributed by atoms with Gasteiger partial charge in [-0.3, -0.25) is 0 Å². The van der Waals surface area contributed by atoms with Crippen molar-refractivity contribution >= 4 is 10.0 Å². The van der Waals surface area contributed by atoms with Crippen molar-refractivity contribution in [3.05, 3.63) is 59.7 Å². The summed E-state index contributed by atoms with van der Waals surface area (Å²) >= 11 is 0. The first-order valence-electron chi connectivity index (χ1n) is 6.37. The predicted octanol–water partition coefficient (Wildman–Crippen LogP) is 3.34. The molecule has 24 heavy (non-hydrogen) atoms. The van der Waals surface area contributed by atoms with E-state index < -0.39 is 45.2 Å². The van der Waals surface area contributed by atoms with Gasteiger partial charge in [-0.05, 0) is 24.3 Å². The smallest absolute Gasteiger partial charge is 0.405 e. The molecule has 0 aliphatic heterocycles. The third-order valence-electron chi connectivity index (χ3n) is 2.85. The van der Waals surface area contributed by atoms with Crippen LogP contribution in [0.2, 0.25) is 0 Å². The maximum absolute atomic E-state index is 13.1. The van der Waals surface area contributed by atoms with E-state index in [1.54, 1.807) is 0 Å². The molecule has 4 nitrogen and oxygen atoms in total. The molecular weight excluding hydrogens is 357 g/mol. The number of sulfonamides is 1. The maximum atomic E-state index is 13.1. The van der Waals surface area contributed by atoms with Crippen LogP contribution in [-0.4, -0.2) is 14.8 Å². The maximum Gasteiger partial charge on any atom is 0.573 e. The molecule has 0 radical (unpaired) electrons. The highest BCUT2D eigenvalue weighted by Gasteiger charge is 2.32. The number of nitrogens with one attached hydrogen (secondary N) is 1. The van der Waals surface area contributed by atoms with Gasteiger partial charge in [0.1, 0.15) is 5.75 Å². The predicted molar refractivity (Wildman–Crippen MR) is 73.5 cm³/mol. The molecule has 0 heterocycles. The zero-order valence-corrected chi connectivity index (χ0v) is 12.6. The molecule has 2 aromatic rings. The lowest BCUT2D eigenvalue weighted by Crippen LogP contribution is -2.25. The molecule has 0 spiro atoms. The van der Waals surface area contributed by atoms with E-state index in [4.69, 9.17) is 0 Å². The van der Waals surface area contributed by atoms with Gasteiger partial charge in [0.2, 0.25) is 10.0 Å². The van der Waals surface area contributed by atoms with Gasteiger partial charge >= 0.3 is 6.36 Å². The van der Waals surface area contributed by atoms with Crippen LogP contribution in [0.1, 0.15) is 5.56 Å². The van der Waals surface area contributed by atoms with Gasteiger partial charge < -0.3 is 4.74 Å². The summed E-state index contributed by atoms with van der Waals surface area (Å²) < 4.78 is 92.7. The minimum Gasteiger partial charge on any atom is -0.405 e. The fraction of sp³-hybridized carbons (Fsp3) is 0.143. The Bertz CT molecular complexity index is 837. The molecule has 2 aromatic carbocycles. The molecule has 0 aliphatic rings. The summed E-state index contributed by atoms with van der Waals surface area (Å²) in [6, 6.07) is 6.86. The van der Waals surface area contributed by atoms with Crippen molar-refractivity contribution in [1.29, 1.82) is 0 Å². The van der Waals surface area contributed by atoms with Crippen LogP contribution < -0.4 is 9.46 Å². The molecule has 0 saturated carbocycles. The molecule has 10 heteroatoms. The largest absolute Gasteiger partial charge is 0.573 e. The molecule has 0 bridgehead atoms. The number of hydrogen-bond donors (Lipinski definition) is 1. The topological polar surface area (TPSA) is 55.4 Å². The van der Waals surface area contributed by atoms with Crippen LogP contribution in [0, 0.1) is 11.6 Å². The van der Waals surface area contributed by atoms with Crippen molar-refractivity contribution in [1.82, 2.24) is 4.72 Å². The van der Waals surface area contributed by atoms with Gasteiger partial charge in [-0.1, -0.05) is 18.2 Å². The molecule has 0 saturated heterocycles.